The Hall–Kier alpha value is -1.92. The normalized spacial score (nSPS) is 18.1. The lowest BCUT2D eigenvalue weighted by atomic mass is 10.0. The lowest BCUT2D eigenvalue weighted by Crippen LogP contribution is -2.48. The number of carbonyl (C=O) groups is 2. The largest absolute Gasteiger partial charge is 0.351 e. The van der Waals surface area contributed by atoms with Gasteiger partial charge in [0.25, 0.3) is 11.8 Å². The number of carbonyl (C=O) groups excluding carboxylic acids is 2. The molecule has 2 rings (SSSR count). The van der Waals surface area contributed by atoms with Gasteiger partial charge in [-0.2, -0.15) is 0 Å². The summed E-state index contributed by atoms with van der Waals surface area (Å²) in [5.74, 6) is -0.323. The summed E-state index contributed by atoms with van der Waals surface area (Å²) in [5.41, 5.74) is 0.360. The van der Waals surface area contributed by atoms with Crippen LogP contribution < -0.4 is 10.6 Å². The Morgan fingerprint density at radius 3 is 2.95 bits per heavy atom. The third kappa shape index (κ3) is 2.59. The third-order valence-corrected chi connectivity index (χ3v) is 3.19. The zero-order valence-corrected chi connectivity index (χ0v) is 11.4. The highest BCUT2D eigenvalue weighted by atomic mass is 16.2. The summed E-state index contributed by atoms with van der Waals surface area (Å²) >= 11 is 0. The average Bonchev–Trinajstić information content (AvgIpc) is 2.80. The number of rotatable bonds is 4. The first-order chi connectivity index (χ1) is 9.04. The van der Waals surface area contributed by atoms with E-state index in [4.69, 9.17) is 0 Å². The minimum absolute atomic E-state index is 0.0215. The molecule has 0 aromatic carbocycles. The summed E-state index contributed by atoms with van der Waals surface area (Å²) in [4.78, 5) is 24.0. The second-order valence-corrected chi connectivity index (χ2v) is 5.05. The van der Waals surface area contributed by atoms with Crippen molar-refractivity contribution in [3.63, 3.8) is 0 Å². The molecular weight excluding hydrogens is 246 g/mol. The first-order valence-electron chi connectivity index (χ1n) is 6.57. The van der Waals surface area contributed by atoms with E-state index in [0.717, 1.165) is 6.42 Å². The Bertz CT molecular complexity index is 494. The Balaban J connectivity index is 2.24. The van der Waals surface area contributed by atoms with Gasteiger partial charge >= 0.3 is 0 Å². The van der Waals surface area contributed by atoms with Crippen LogP contribution in [0.25, 0.3) is 0 Å². The number of aromatic nitrogens is 3. The van der Waals surface area contributed by atoms with Gasteiger partial charge < -0.3 is 10.6 Å². The van der Waals surface area contributed by atoms with Gasteiger partial charge in [0.2, 0.25) is 0 Å². The highest BCUT2D eigenvalue weighted by Crippen LogP contribution is 2.15. The third-order valence-electron chi connectivity index (χ3n) is 3.19. The molecule has 19 heavy (non-hydrogen) atoms. The molecule has 0 radical (unpaired) electrons. The van der Waals surface area contributed by atoms with Crippen molar-refractivity contribution in [2.75, 3.05) is 6.54 Å². The molecule has 0 unspecified atom stereocenters. The number of hydrogen-bond acceptors (Lipinski definition) is 4. The van der Waals surface area contributed by atoms with E-state index < -0.39 is 0 Å². The smallest absolute Gasteiger partial charge is 0.274 e. The molecule has 7 nitrogen and oxygen atoms in total. The molecule has 0 saturated carbocycles. The molecule has 7 heteroatoms. The van der Waals surface area contributed by atoms with Crippen LogP contribution in [0.4, 0.5) is 0 Å². The maximum Gasteiger partial charge on any atom is 0.274 e. The van der Waals surface area contributed by atoms with Crippen molar-refractivity contribution in [2.45, 2.75) is 39.8 Å². The second kappa shape index (κ2) is 5.38. The maximum absolute atomic E-state index is 12.1. The highest BCUT2D eigenvalue weighted by molar-refractivity contribution is 6.05. The van der Waals surface area contributed by atoms with Gasteiger partial charge in [-0.25, -0.2) is 4.68 Å². The molecule has 1 aliphatic rings. The minimum Gasteiger partial charge on any atom is -0.351 e. The van der Waals surface area contributed by atoms with Gasteiger partial charge in [0, 0.05) is 6.54 Å². The van der Waals surface area contributed by atoms with E-state index >= 15 is 0 Å². The molecule has 1 aromatic rings. The standard InChI is InChI=1S/C12H19N5O2/c1-4-5-13-11(18)9-10-12(19)14-8(7(2)3)6-17(10)16-15-9/h7-8H,4-6H2,1-3H3,(H,13,18)(H,14,19)/t8-/m1/s1. The zero-order valence-electron chi connectivity index (χ0n) is 11.4. The van der Waals surface area contributed by atoms with E-state index in [-0.39, 0.29) is 29.2 Å². The van der Waals surface area contributed by atoms with Crippen molar-refractivity contribution in [3.05, 3.63) is 11.4 Å². The SMILES string of the molecule is CCCNC(=O)c1nnn2c1C(=O)N[C@@H](C(C)C)C2. The highest BCUT2D eigenvalue weighted by Gasteiger charge is 2.32. The van der Waals surface area contributed by atoms with E-state index in [1.165, 1.54) is 4.68 Å². The Morgan fingerprint density at radius 1 is 1.58 bits per heavy atom. The van der Waals surface area contributed by atoms with Gasteiger partial charge in [-0.15, -0.1) is 5.10 Å². The van der Waals surface area contributed by atoms with E-state index in [2.05, 4.69) is 20.9 Å². The van der Waals surface area contributed by atoms with Crippen molar-refractivity contribution in [1.82, 2.24) is 25.6 Å². The molecule has 0 bridgehead atoms. The molecule has 1 aliphatic heterocycles. The lowest BCUT2D eigenvalue weighted by Gasteiger charge is -2.27. The van der Waals surface area contributed by atoms with Crippen molar-refractivity contribution < 1.29 is 9.59 Å². The zero-order chi connectivity index (χ0) is 14.0. The van der Waals surface area contributed by atoms with E-state index in [9.17, 15) is 9.59 Å². The lowest BCUT2D eigenvalue weighted by molar-refractivity contribution is 0.0862. The van der Waals surface area contributed by atoms with Crippen LogP contribution in [0, 0.1) is 5.92 Å². The molecule has 0 spiro atoms. The molecular formula is C12H19N5O2. The molecule has 0 fully saturated rings. The van der Waals surface area contributed by atoms with Crippen LogP contribution >= 0.6 is 0 Å². The van der Waals surface area contributed by atoms with Gasteiger partial charge in [0.05, 0.1) is 12.6 Å². The molecule has 1 atom stereocenters. The maximum atomic E-state index is 12.1. The van der Waals surface area contributed by atoms with Crippen LogP contribution in [-0.2, 0) is 6.54 Å². The molecule has 2 N–H and O–H groups in total. The van der Waals surface area contributed by atoms with Crippen molar-refractivity contribution in [2.24, 2.45) is 5.92 Å². The fourth-order valence-corrected chi connectivity index (χ4v) is 1.99. The summed E-state index contributed by atoms with van der Waals surface area (Å²) in [7, 11) is 0. The number of amides is 2. The van der Waals surface area contributed by atoms with E-state index in [0.29, 0.717) is 19.0 Å². The van der Waals surface area contributed by atoms with Crippen molar-refractivity contribution >= 4 is 11.8 Å². The Morgan fingerprint density at radius 2 is 2.32 bits per heavy atom. The van der Waals surface area contributed by atoms with Crippen LogP contribution in [0.1, 0.15) is 48.2 Å². The molecule has 1 aromatic heterocycles. The van der Waals surface area contributed by atoms with Crippen LogP contribution in [-0.4, -0.2) is 39.4 Å². The summed E-state index contributed by atoms with van der Waals surface area (Å²) < 4.78 is 1.52. The number of fused-ring (bicyclic) bond motifs is 1. The second-order valence-electron chi connectivity index (χ2n) is 5.05. The quantitative estimate of drug-likeness (QED) is 0.813. The minimum atomic E-state index is -0.346. The number of nitrogens with one attached hydrogen (secondary N) is 2. The molecule has 2 heterocycles. The van der Waals surface area contributed by atoms with Gasteiger partial charge in [-0.1, -0.05) is 26.0 Å². The van der Waals surface area contributed by atoms with Crippen molar-refractivity contribution in [3.8, 4) is 0 Å². The molecule has 0 aliphatic carbocycles. The number of hydrogen-bond donors (Lipinski definition) is 2. The number of nitrogens with zero attached hydrogens (tertiary/aromatic N) is 3. The summed E-state index contributed by atoms with van der Waals surface area (Å²) in [6, 6.07) is 0.0215. The summed E-state index contributed by atoms with van der Waals surface area (Å²) in [6.45, 7) is 7.12. The van der Waals surface area contributed by atoms with Gasteiger partial charge in [-0.05, 0) is 12.3 Å². The van der Waals surface area contributed by atoms with Crippen LogP contribution in [0.3, 0.4) is 0 Å². The van der Waals surface area contributed by atoms with Crippen LogP contribution in [0.5, 0.6) is 0 Å². The fraction of sp³-hybridized carbons (Fsp3) is 0.667. The summed E-state index contributed by atoms with van der Waals surface area (Å²) in [5, 5.41) is 13.3. The molecule has 2 amide bonds. The van der Waals surface area contributed by atoms with Crippen molar-refractivity contribution in [1.29, 1.82) is 0 Å². The molecule has 0 saturated heterocycles. The first kappa shape index (κ1) is 13.5. The first-order valence-corrected chi connectivity index (χ1v) is 6.57. The van der Waals surface area contributed by atoms with E-state index in [1.807, 2.05) is 20.8 Å². The monoisotopic (exact) mass is 265 g/mol. The molecule has 104 valence electrons. The summed E-state index contributed by atoms with van der Waals surface area (Å²) in [6.07, 6.45) is 0.830. The van der Waals surface area contributed by atoms with Gasteiger partial charge in [0.1, 0.15) is 0 Å². The average molecular weight is 265 g/mol. The van der Waals surface area contributed by atoms with Gasteiger partial charge in [0.15, 0.2) is 11.4 Å². The Kier molecular flexibility index (Phi) is 3.82. The van der Waals surface area contributed by atoms with Gasteiger partial charge in [-0.3, -0.25) is 9.59 Å². The fourth-order valence-electron chi connectivity index (χ4n) is 1.99. The van der Waals surface area contributed by atoms with Crippen LogP contribution in [0.2, 0.25) is 0 Å². The topological polar surface area (TPSA) is 88.9 Å². The van der Waals surface area contributed by atoms with Crippen LogP contribution in [0.15, 0.2) is 0 Å². The van der Waals surface area contributed by atoms with E-state index in [1.54, 1.807) is 0 Å². The predicted molar refractivity (Wildman–Crippen MR) is 68.7 cm³/mol. The Labute approximate surface area is 111 Å². The predicted octanol–water partition coefficient (Wildman–Crippen LogP) is 0.186.